The number of hydrogen-bond acceptors (Lipinski definition) is 5. The van der Waals surface area contributed by atoms with Gasteiger partial charge in [-0.25, -0.2) is 13.1 Å². The molecule has 2 fully saturated rings. The van der Waals surface area contributed by atoms with Crippen LogP contribution in [0.25, 0.3) is 0 Å². The van der Waals surface area contributed by atoms with E-state index in [0.717, 1.165) is 38.1 Å². The molecule has 1 aromatic heterocycles. The number of benzene rings is 1. The largest absolute Gasteiger partial charge is 0.416 e. The summed E-state index contributed by atoms with van der Waals surface area (Å²) in [5, 5.41) is 7.98. The molecule has 0 aliphatic carbocycles. The smallest absolute Gasteiger partial charge is 0.298 e. The molecular formula is C19H24F3N5O2S. The molecule has 7 nitrogen and oxygen atoms in total. The van der Waals surface area contributed by atoms with Gasteiger partial charge in [0.1, 0.15) is 0 Å². The molecule has 30 heavy (non-hydrogen) atoms. The van der Waals surface area contributed by atoms with Crippen LogP contribution in [0, 0.1) is 0 Å². The maximum atomic E-state index is 12.9. The molecule has 11 heteroatoms. The van der Waals surface area contributed by atoms with Gasteiger partial charge in [0.2, 0.25) is 10.0 Å². The van der Waals surface area contributed by atoms with Crippen LogP contribution in [0.15, 0.2) is 30.5 Å². The van der Waals surface area contributed by atoms with Crippen LogP contribution in [-0.2, 0) is 29.3 Å². The average Bonchev–Trinajstić information content (AvgIpc) is 3.26. The summed E-state index contributed by atoms with van der Waals surface area (Å²) in [5.74, 6) is 0.116. The SMILES string of the molecule is O=S1(=O)CC(N2CCCCC2)CN1Cc1cn(Cc2cccc(C(F)(F)F)c2)nn1. The summed E-state index contributed by atoms with van der Waals surface area (Å²) in [6.45, 7) is 2.54. The Bertz CT molecular complexity index is 986. The zero-order chi connectivity index (χ0) is 21.4. The second kappa shape index (κ2) is 8.27. The first-order valence-electron chi connectivity index (χ1n) is 9.98. The van der Waals surface area contributed by atoms with Gasteiger partial charge in [0.05, 0.1) is 36.3 Å². The fourth-order valence-electron chi connectivity index (χ4n) is 4.12. The summed E-state index contributed by atoms with van der Waals surface area (Å²) in [4.78, 5) is 2.26. The number of sulfonamides is 1. The first kappa shape index (κ1) is 21.3. The van der Waals surface area contributed by atoms with E-state index in [1.807, 2.05) is 0 Å². The molecule has 0 N–H and O–H groups in total. The molecule has 2 aromatic rings. The van der Waals surface area contributed by atoms with E-state index in [1.165, 1.54) is 21.5 Å². The van der Waals surface area contributed by atoms with Crippen molar-refractivity contribution in [2.24, 2.45) is 0 Å². The molecule has 0 bridgehead atoms. The van der Waals surface area contributed by atoms with Gasteiger partial charge in [-0.15, -0.1) is 5.10 Å². The Labute approximate surface area is 173 Å². The van der Waals surface area contributed by atoms with E-state index in [2.05, 4.69) is 15.2 Å². The lowest BCUT2D eigenvalue weighted by Gasteiger charge is -2.31. The number of nitrogens with zero attached hydrogens (tertiary/aromatic N) is 5. The minimum Gasteiger partial charge on any atom is -0.298 e. The molecule has 4 rings (SSSR count). The van der Waals surface area contributed by atoms with Crippen LogP contribution in [0.4, 0.5) is 13.2 Å². The van der Waals surface area contributed by atoms with E-state index in [0.29, 0.717) is 17.8 Å². The topological polar surface area (TPSA) is 71.3 Å². The van der Waals surface area contributed by atoms with Gasteiger partial charge in [-0.05, 0) is 43.6 Å². The molecule has 2 saturated heterocycles. The summed E-state index contributed by atoms with van der Waals surface area (Å²) < 4.78 is 66.7. The van der Waals surface area contributed by atoms with Crippen LogP contribution in [0.5, 0.6) is 0 Å². The highest BCUT2D eigenvalue weighted by Crippen LogP contribution is 2.29. The van der Waals surface area contributed by atoms with Crippen LogP contribution >= 0.6 is 0 Å². The van der Waals surface area contributed by atoms with Gasteiger partial charge in [0.15, 0.2) is 0 Å². The summed E-state index contributed by atoms with van der Waals surface area (Å²) >= 11 is 0. The molecular weight excluding hydrogens is 419 g/mol. The Kier molecular flexibility index (Phi) is 5.86. The average molecular weight is 443 g/mol. The highest BCUT2D eigenvalue weighted by Gasteiger charge is 2.39. The van der Waals surface area contributed by atoms with Crippen molar-refractivity contribution >= 4 is 10.0 Å². The minimum atomic E-state index is -4.40. The molecule has 3 heterocycles. The lowest BCUT2D eigenvalue weighted by molar-refractivity contribution is -0.137. The lowest BCUT2D eigenvalue weighted by Crippen LogP contribution is -2.42. The van der Waals surface area contributed by atoms with E-state index in [9.17, 15) is 21.6 Å². The Morgan fingerprint density at radius 2 is 1.87 bits per heavy atom. The van der Waals surface area contributed by atoms with Crippen molar-refractivity contribution in [3.05, 3.63) is 47.3 Å². The maximum Gasteiger partial charge on any atom is 0.416 e. The van der Waals surface area contributed by atoms with Crippen molar-refractivity contribution in [2.75, 3.05) is 25.4 Å². The van der Waals surface area contributed by atoms with Gasteiger partial charge in [-0.3, -0.25) is 4.90 Å². The van der Waals surface area contributed by atoms with Crippen LogP contribution < -0.4 is 0 Å². The van der Waals surface area contributed by atoms with E-state index in [1.54, 1.807) is 12.3 Å². The summed E-state index contributed by atoms with van der Waals surface area (Å²) in [6, 6.07) is 5.04. The standard InChI is InChI=1S/C19H24F3N5O2S/c20-19(21,22)16-6-4-5-15(9-16)10-26-11-17(23-24-26)12-27-13-18(14-30(27,28)29)25-7-2-1-3-8-25/h4-6,9,11,18H,1-3,7-8,10,12-14H2. The Morgan fingerprint density at radius 1 is 1.10 bits per heavy atom. The van der Waals surface area contributed by atoms with E-state index in [-0.39, 0.29) is 24.9 Å². The third-order valence-corrected chi connectivity index (χ3v) is 7.51. The first-order valence-corrected chi connectivity index (χ1v) is 11.6. The fraction of sp³-hybridized carbons (Fsp3) is 0.579. The number of alkyl halides is 3. The molecule has 1 unspecified atom stereocenters. The number of hydrogen-bond donors (Lipinski definition) is 0. The molecule has 0 amide bonds. The monoisotopic (exact) mass is 443 g/mol. The highest BCUT2D eigenvalue weighted by molar-refractivity contribution is 7.89. The number of aromatic nitrogens is 3. The van der Waals surface area contributed by atoms with Gasteiger partial charge < -0.3 is 0 Å². The van der Waals surface area contributed by atoms with Gasteiger partial charge in [-0.1, -0.05) is 23.8 Å². The van der Waals surface area contributed by atoms with Gasteiger partial charge in [-0.2, -0.15) is 17.5 Å². The Balaban J connectivity index is 1.41. The zero-order valence-electron chi connectivity index (χ0n) is 16.4. The van der Waals surface area contributed by atoms with Crippen molar-refractivity contribution in [1.29, 1.82) is 0 Å². The normalized spacial score (nSPS) is 23.1. The number of piperidine rings is 1. The van der Waals surface area contributed by atoms with Gasteiger partial charge >= 0.3 is 6.18 Å². The van der Waals surface area contributed by atoms with Crippen molar-refractivity contribution in [1.82, 2.24) is 24.2 Å². The number of halogens is 3. The van der Waals surface area contributed by atoms with Crippen LogP contribution in [0.3, 0.4) is 0 Å². The predicted octanol–water partition coefficient (Wildman–Crippen LogP) is 2.35. The molecule has 2 aliphatic rings. The fourth-order valence-corrected chi connectivity index (χ4v) is 5.86. The van der Waals surface area contributed by atoms with Crippen molar-refractivity contribution < 1.29 is 21.6 Å². The minimum absolute atomic E-state index is 0.00421. The van der Waals surface area contributed by atoms with Crippen molar-refractivity contribution in [3.8, 4) is 0 Å². The van der Waals surface area contributed by atoms with Gasteiger partial charge in [0.25, 0.3) is 0 Å². The predicted molar refractivity (Wildman–Crippen MR) is 104 cm³/mol. The Morgan fingerprint density at radius 3 is 2.60 bits per heavy atom. The summed E-state index contributed by atoms with van der Waals surface area (Å²) in [6.07, 6.45) is 0.568. The Hall–Kier alpha value is -1.98. The van der Waals surface area contributed by atoms with Crippen LogP contribution in [-0.4, -0.2) is 64.0 Å². The maximum absolute atomic E-state index is 12.9. The second-order valence-corrected chi connectivity index (χ2v) is 9.94. The molecule has 0 radical (unpaired) electrons. The quantitative estimate of drug-likeness (QED) is 0.710. The summed E-state index contributed by atoms with van der Waals surface area (Å²) in [5.41, 5.74) is 0.206. The molecule has 0 spiro atoms. The van der Waals surface area contributed by atoms with Crippen molar-refractivity contribution in [3.63, 3.8) is 0 Å². The van der Waals surface area contributed by atoms with E-state index >= 15 is 0 Å². The van der Waals surface area contributed by atoms with Crippen LogP contribution in [0.1, 0.15) is 36.1 Å². The lowest BCUT2D eigenvalue weighted by atomic mass is 10.1. The third-order valence-electron chi connectivity index (χ3n) is 5.64. The molecule has 1 aromatic carbocycles. The molecule has 2 aliphatic heterocycles. The van der Waals surface area contributed by atoms with Gasteiger partial charge in [0, 0.05) is 12.6 Å². The molecule has 164 valence electrons. The zero-order valence-corrected chi connectivity index (χ0v) is 17.2. The highest BCUT2D eigenvalue weighted by atomic mass is 32.2. The van der Waals surface area contributed by atoms with Crippen molar-refractivity contribution in [2.45, 2.75) is 44.6 Å². The summed E-state index contributed by atoms with van der Waals surface area (Å²) in [7, 11) is -3.37. The third kappa shape index (κ3) is 4.84. The van der Waals surface area contributed by atoms with Crippen LogP contribution in [0.2, 0.25) is 0 Å². The second-order valence-electron chi connectivity index (χ2n) is 7.93. The molecule has 0 saturated carbocycles. The number of likely N-dealkylation sites (tertiary alicyclic amines) is 1. The van der Waals surface area contributed by atoms with E-state index < -0.39 is 21.8 Å². The first-order chi connectivity index (χ1) is 14.2. The molecule has 1 atom stereocenters. The number of rotatable bonds is 5. The van der Waals surface area contributed by atoms with E-state index in [4.69, 9.17) is 0 Å².